The molecule has 0 unspecified atom stereocenters. The number of nitrogens with zero attached hydrogens (tertiary/aromatic N) is 1. The summed E-state index contributed by atoms with van der Waals surface area (Å²) in [7, 11) is 0. The van der Waals surface area contributed by atoms with Crippen LogP contribution in [0.25, 0.3) is 0 Å². The van der Waals surface area contributed by atoms with Gasteiger partial charge in [-0.05, 0) is 31.2 Å². The molecule has 1 atom stereocenters. The maximum absolute atomic E-state index is 12.5. The number of hydrogen-bond donors (Lipinski definition) is 1. The van der Waals surface area contributed by atoms with E-state index in [1.54, 1.807) is 11.8 Å². The van der Waals surface area contributed by atoms with Crippen molar-refractivity contribution in [3.8, 4) is 0 Å². The predicted molar refractivity (Wildman–Crippen MR) is 75.8 cm³/mol. The zero-order valence-corrected chi connectivity index (χ0v) is 12.5. The molecular formula is C15H17F3N2O3. The Balaban J connectivity index is 1.96. The number of nitrogens with one attached hydrogen (secondary N) is 1. The fraction of sp³-hybridized carbons (Fsp3) is 0.467. The van der Waals surface area contributed by atoms with E-state index in [1.807, 2.05) is 0 Å². The molecule has 0 aromatic heterocycles. The summed E-state index contributed by atoms with van der Waals surface area (Å²) in [5.41, 5.74) is -0.758. The van der Waals surface area contributed by atoms with E-state index in [-0.39, 0.29) is 11.5 Å². The van der Waals surface area contributed by atoms with Gasteiger partial charge >= 0.3 is 6.18 Å². The molecule has 1 aromatic carbocycles. The Morgan fingerprint density at radius 2 is 1.74 bits per heavy atom. The van der Waals surface area contributed by atoms with Gasteiger partial charge in [-0.15, -0.1) is 0 Å². The van der Waals surface area contributed by atoms with Gasteiger partial charge in [-0.2, -0.15) is 13.2 Å². The number of ether oxygens (including phenoxy) is 1. The first-order valence-corrected chi connectivity index (χ1v) is 7.13. The largest absolute Gasteiger partial charge is 0.416 e. The Kier molecular flexibility index (Phi) is 5.25. The SMILES string of the molecule is C[C@H](NC(=O)c1ccc(C(F)(F)F)cc1)C(=O)N1CCOCC1. The summed E-state index contributed by atoms with van der Waals surface area (Å²) in [5.74, 6) is -0.832. The molecule has 0 bridgehead atoms. The molecule has 0 saturated carbocycles. The maximum atomic E-state index is 12.5. The van der Waals surface area contributed by atoms with Gasteiger partial charge in [0.15, 0.2) is 0 Å². The van der Waals surface area contributed by atoms with Crippen LogP contribution in [0.2, 0.25) is 0 Å². The highest BCUT2D eigenvalue weighted by Crippen LogP contribution is 2.29. The van der Waals surface area contributed by atoms with E-state index >= 15 is 0 Å². The van der Waals surface area contributed by atoms with Gasteiger partial charge in [0.05, 0.1) is 18.8 Å². The van der Waals surface area contributed by atoms with Crippen molar-refractivity contribution in [2.24, 2.45) is 0 Å². The van der Waals surface area contributed by atoms with E-state index < -0.39 is 23.7 Å². The third-order valence-electron chi connectivity index (χ3n) is 3.52. The highest BCUT2D eigenvalue weighted by Gasteiger charge is 2.30. The van der Waals surface area contributed by atoms with E-state index in [0.717, 1.165) is 24.3 Å². The van der Waals surface area contributed by atoms with Crippen LogP contribution >= 0.6 is 0 Å². The summed E-state index contributed by atoms with van der Waals surface area (Å²) in [6.07, 6.45) is -4.45. The molecule has 23 heavy (non-hydrogen) atoms. The number of carbonyl (C=O) groups excluding carboxylic acids is 2. The van der Waals surface area contributed by atoms with Crippen molar-refractivity contribution in [3.05, 3.63) is 35.4 Å². The van der Waals surface area contributed by atoms with Gasteiger partial charge < -0.3 is 15.0 Å². The Morgan fingerprint density at radius 1 is 1.17 bits per heavy atom. The van der Waals surface area contributed by atoms with Crippen LogP contribution in [0, 0.1) is 0 Å². The topological polar surface area (TPSA) is 58.6 Å². The van der Waals surface area contributed by atoms with Crippen LogP contribution in [0.1, 0.15) is 22.8 Å². The predicted octanol–water partition coefficient (Wildman–Crippen LogP) is 1.68. The third-order valence-corrected chi connectivity index (χ3v) is 3.52. The molecule has 1 aromatic rings. The standard InChI is InChI=1S/C15H17F3N2O3/c1-10(14(22)20-6-8-23-9-7-20)19-13(21)11-2-4-12(5-3-11)15(16,17)18/h2-5,10H,6-9H2,1H3,(H,19,21)/t10-/m0/s1. The number of carbonyl (C=O) groups is 2. The second kappa shape index (κ2) is 6.99. The monoisotopic (exact) mass is 330 g/mol. The van der Waals surface area contributed by atoms with Crippen molar-refractivity contribution >= 4 is 11.8 Å². The van der Waals surface area contributed by atoms with Crippen molar-refractivity contribution in [1.82, 2.24) is 10.2 Å². The number of halogens is 3. The molecule has 1 N–H and O–H groups in total. The van der Waals surface area contributed by atoms with Crippen LogP contribution < -0.4 is 5.32 Å². The summed E-state index contributed by atoms with van der Waals surface area (Å²) in [6.45, 7) is 3.36. The lowest BCUT2D eigenvalue weighted by Gasteiger charge is -2.29. The number of benzene rings is 1. The second-order valence-corrected chi connectivity index (χ2v) is 5.21. The number of hydrogen-bond acceptors (Lipinski definition) is 3. The van der Waals surface area contributed by atoms with Crippen molar-refractivity contribution in [2.75, 3.05) is 26.3 Å². The first-order chi connectivity index (χ1) is 10.8. The normalized spacial score (nSPS) is 16.8. The van der Waals surface area contributed by atoms with Crippen molar-refractivity contribution < 1.29 is 27.5 Å². The molecule has 1 heterocycles. The van der Waals surface area contributed by atoms with Crippen LogP contribution in [-0.2, 0) is 15.7 Å². The molecule has 2 rings (SSSR count). The molecule has 1 fully saturated rings. The van der Waals surface area contributed by atoms with Crippen LogP contribution in [0.5, 0.6) is 0 Å². The Labute approximate surface area is 131 Å². The molecular weight excluding hydrogens is 313 g/mol. The van der Waals surface area contributed by atoms with E-state index in [4.69, 9.17) is 4.74 Å². The molecule has 126 valence electrons. The van der Waals surface area contributed by atoms with Gasteiger partial charge in [0, 0.05) is 18.7 Å². The Hall–Kier alpha value is -2.09. The van der Waals surface area contributed by atoms with Crippen LogP contribution in [0.15, 0.2) is 24.3 Å². The molecule has 0 spiro atoms. The lowest BCUT2D eigenvalue weighted by atomic mass is 10.1. The lowest BCUT2D eigenvalue weighted by Crippen LogP contribution is -2.50. The zero-order chi connectivity index (χ0) is 17.0. The van der Waals surface area contributed by atoms with Crippen LogP contribution in [0.3, 0.4) is 0 Å². The van der Waals surface area contributed by atoms with Crippen molar-refractivity contribution in [2.45, 2.75) is 19.1 Å². The van der Waals surface area contributed by atoms with Gasteiger partial charge in [-0.25, -0.2) is 0 Å². The average molecular weight is 330 g/mol. The van der Waals surface area contributed by atoms with Gasteiger partial charge in [-0.1, -0.05) is 0 Å². The second-order valence-electron chi connectivity index (χ2n) is 5.21. The highest BCUT2D eigenvalue weighted by molar-refractivity contribution is 5.97. The lowest BCUT2D eigenvalue weighted by molar-refractivity contribution is -0.138. The minimum atomic E-state index is -4.45. The molecule has 2 amide bonds. The van der Waals surface area contributed by atoms with Gasteiger partial charge in [0.1, 0.15) is 6.04 Å². The average Bonchev–Trinajstić information content (AvgIpc) is 2.54. The smallest absolute Gasteiger partial charge is 0.378 e. The quantitative estimate of drug-likeness (QED) is 0.917. The van der Waals surface area contributed by atoms with E-state index in [2.05, 4.69) is 5.32 Å². The van der Waals surface area contributed by atoms with Crippen molar-refractivity contribution in [3.63, 3.8) is 0 Å². The van der Waals surface area contributed by atoms with E-state index in [1.165, 1.54) is 0 Å². The summed E-state index contributed by atoms with van der Waals surface area (Å²) in [4.78, 5) is 25.8. The molecule has 1 aliphatic rings. The van der Waals surface area contributed by atoms with Crippen LogP contribution in [0.4, 0.5) is 13.2 Å². The molecule has 5 nitrogen and oxygen atoms in total. The first-order valence-electron chi connectivity index (χ1n) is 7.13. The highest BCUT2D eigenvalue weighted by atomic mass is 19.4. The molecule has 0 radical (unpaired) electrons. The van der Waals surface area contributed by atoms with Gasteiger partial charge in [0.25, 0.3) is 5.91 Å². The fourth-order valence-electron chi connectivity index (χ4n) is 2.21. The third kappa shape index (κ3) is 4.44. The summed E-state index contributed by atoms with van der Waals surface area (Å²) in [6, 6.07) is 3.09. The summed E-state index contributed by atoms with van der Waals surface area (Å²) >= 11 is 0. The van der Waals surface area contributed by atoms with E-state index in [0.29, 0.717) is 26.3 Å². The zero-order valence-electron chi connectivity index (χ0n) is 12.5. The number of rotatable bonds is 3. The fourth-order valence-corrected chi connectivity index (χ4v) is 2.21. The van der Waals surface area contributed by atoms with Gasteiger partial charge in [-0.3, -0.25) is 9.59 Å². The number of amides is 2. The number of morpholine rings is 1. The Morgan fingerprint density at radius 3 is 2.26 bits per heavy atom. The maximum Gasteiger partial charge on any atom is 0.416 e. The van der Waals surface area contributed by atoms with E-state index in [9.17, 15) is 22.8 Å². The summed E-state index contributed by atoms with van der Waals surface area (Å²) < 4.78 is 42.6. The molecule has 1 aliphatic heterocycles. The minimum absolute atomic E-state index is 0.0691. The number of alkyl halides is 3. The minimum Gasteiger partial charge on any atom is -0.378 e. The summed E-state index contributed by atoms with van der Waals surface area (Å²) in [5, 5.41) is 2.50. The molecule has 0 aliphatic carbocycles. The Bertz CT molecular complexity index is 566. The first kappa shape index (κ1) is 17.3. The van der Waals surface area contributed by atoms with Crippen molar-refractivity contribution in [1.29, 1.82) is 0 Å². The molecule has 8 heteroatoms. The molecule has 1 saturated heterocycles. The van der Waals surface area contributed by atoms with Gasteiger partial charge in [0.2, 0.25) is 5.91 Å². The van der Waals surface area contributed by atoms with Crippen LogP contribution in [-0.4, -0.2) is 49.1 Å².